The molecule has 0 saturated heterocycles. The third-order valence-electron chi connectivity index (χ3n) is 3.67. The van der Waals surface area contributed by atoms with Crippen LogP contribution in [0.4, 0.5) is 11.4 Å². The molecule has 0 bridgehead atoms. The first-order valence-corrected chi connectivity index (χ1v) is 8.54. The number of nitrogens with two attached hydrogens (primary N) is 1. The van der Waals surface area contributed by atoms with Gasteiger partial charge >= 0.3 is 0 Å². The maximum Gasteiger partial charge on any atom is 0.144 e. The summed E-state index contributed by atoms with van der Waals surface area (Å²) in [7, 11) is 0. The summed E-state index contributed by atoms with van der Waals surface area (Å²) >= 11 is 0. The van der Waals surface area contributed by atoms with E-state index in [4.69, 9.17) is 10.5 Å². The molecule has 0 amide bonds. The summed E-state index contributed by atoms with van der Waals surface area (Å²) in [6, 6.07) is 5.91. The zero-order valence-electron chi connectivity index (χ0n) is 13.8. The first-order chi connectivity index (χ1) is 10.3. The fourth-order valence-corrected chi connectivity index (χ4v) is 2.42. The van der Waals surface area contributed by atoms with Crippen molar-refractivity contribution in [3.8, 4) is 5.75 Å². The van der Waals surface area contributed by atoms with Crippen LogP contribution in [0, 0.1) is 0 Å². The summed E-state index contributed by atoms with van der Waals surface area (Å²) in [5.74, 6) is 0.776. The van der Waals surface area contributed by atoms with E-state index in [0.717, 1.165) is 18.0 Å². The molecule has 3 heteroatoms. The minimum absolute atomic E-state index is 0.645. The van der Waals surface area contributed by atoms with Gasteiger partial charge in [-0.15, -0.1) is 0 Å². The Morgan fingerprint density at radius 2 is 1.62 bits per heavy atom. The van der Waals surface area contributed by atoms with Gasteiger partial charge in [-0.2, -0.15) is 0 Å². The quantitative estimate of drug-likeness (QED) is 0.410. The van der Waals surface area contributed by atoms with E-state index in [1.165, 1.54) is 51.4 Å². The lowest BCUT2D eigenvalue weighted by Gasteiger charge is -2.11. The SMILES string of the molecule is CCCCCCCCCCNc1ccc(N)c(OCC)c1. The maximum atomic E-state index is 5.87. The van der Waals surface area contributed by atoms with Crippen molar-refractivity contribution in [1.29, 1.82) is 0 Å². The summed E-state index contributed by atoms with van der Waals surface area (Å²) in [6.45, 7) is 5.90. The minimum Gasteiger partial charge on any atom is -0.492 e. The second-order valence-corrected chi connectivity index (χ2v) is 5.59. The number of rotatable bonds is 12. The van der Waals surface area contributed by atoms with E-state index in [1.54, 1.807) is 0 Å². The number of hydrogen-bond acceptors (Lipinski definition) is 3. The highest BCUT2D eigenvalue weighted by molar-refractivity contribution is 5.61. The molecule has 0 aromatic heterocycles. The summed E-state index contributed by atoms with van der Waals surface area (Å²) in [6.07, 6.45) is 10.8. The first-order valence-electron chi connectivity index (χ1n) is 8.54. The van der Waals surface area contributed by atoms with Gasteiger partial charge in [0.1, 0.15) is 5.75 Å². The fraction of sp³-hybridized carbons (Fsp3) is 0.667. The zero-order chi connectivity index (χ0) is 15.3. The van der Waals surface area contributed by atoms with Gasteiger partial charge in [0.2, 0.25) is 0 Å². The molecule has 0 unspecified atom stereocenters. The van der Waals surface area contributed by atoms with Crippen LogP contribution in [-0.2, 0) is 0 Å². The van der Waals surface area contributed by atoms with Crippen molar-refractivity contribution in [2.24, 2.45) is 0 Å². The van der Waals surface area contributed by atoms with E-state index >= 15 is 0 Å². The molecule has 1 rings (SSSR count). The average molecular weight is 292 g/mol. The lowest BCUT2D eigenvalue weighted by Crippen LogP contribution is -2.03. The molecule has 0 aliphatic carbocycles. The highest BCUT2D eigenvalue weighted by atomic mass is 16.5. The van der Waals surface area contributed by atoms with Crippen molar-refractivity contribution < 1.29 is 4.74 Å². The third-order valence-corrected chi connectivity index (χ3v) is 3.67. The molecule has 0 aliphatic heterocycles. The van der Waals surface area contributed by atoms with Crippen molar-refractivity contribution in [3.63, 3.8) is 0 Å². The van der Waals surface area contributed by atoms with Gasteiger partial charge in [-0.05, 0) is 25.5 Å². The standard InChI is InChI=1S/C18H32N2O/c1-3-5-6-7-8-9-10-11-14-20-16-12-13-17(19)18(15-16)21-4-2/h12-13,15,20H,3-11,14,19H2,1-2H3. The van der Waals surface area contributed by atoms with Gasteiger partial charge in [-0.3, -0.25) is 0 Å². The van der Waals surface area contributed by atoms with Gasteiger partial charge in [0, 0.05) is 18.3 Å². The Bertz CT molecular complexity index is 379. The highest BCUT2D eigenvalue weighted by Gasteiger charge is 2.01. The van der Waals surface area contributed by atoms with Gasteiger partial charge in [-0.25, -0.2) is 0 Å². The van der Waals surface area contributed by atoms with E-state index in [1.807, 2.05) is 25.1 Å². The first kappa shape index (κ1) is 17.7. The van der Waals surface area contributed by atoms with Gasteiger partial charge < -0.3 is 15.8 Å². The molecule has 0 radical (unpaired) electrons. The van der Waals surface area contributed by atoms with Crippen molar-refractivity contribution in [2.75, 3.05) is 24.2 Å². The van der Waals surface area contributed by atoms with Crippen LogP contribution in [0.1, 0.15) is 65.2 Å². The van der Waals surface area contributed by atoms with E-state index in [-0.39, 0.29) is 0 Å². The van der Waals surface area contributed by atoms with Gasteiger partial charge in [-0.1, -0.05) is 51.9 Å². The monoisotopic (exact) mass is 292 g/mol. The number of benzene rings is 1. The fourth-order valence-electron chi connectivity index (χ4n) is 2.42. The largest absolute Gasteiger partial charge is 0.492 e. The molecule has 0 atom stereocenters. The molecule has 120 valence electrons. The van der Waals surface area contributed by atoms with Crippen LogP contribution in [0.2, 0.25) is 0 Å². The van der Waals surface area contributed by atoms with E-state index < -0.39 is 0 Å². The third kappa shape index (κ3) is 7.84. The van der Waals surface area contributed by atoms with E-state index in [2.05, 4.69) is 12.2 Å². The van der Waals surface area contributed by atoms with Crippen LogP contribution < -0.4 is 15.8 Å². The molecule has 3 nitrogen and oxygen atoms in total. The number of nitrogens with one attached hydrogen (secondary N) is 1. The molecular weight excluding hydrogens is 260 g/mol. The molecule has 3 N–H and O–H groups in total. The van der Waals surface area contributed by atoms with Crippen LogP contribution in [0.15, 0.2) is 18.2 Å². The predicted octanol–water partition coefficient (Wildman–Crippen LogP) is 5.22. The Morgan fingerprint density at radius 3 is 2.29 bits per heavy atom. The van der Waals surface area contributed by atoms with Gasteiger partial charge in [0.15, 0.2) is 0 Å². The lowest BCUT2D eigenvalue weighted by molar-refractivity contribution is 0.342. The van der Waals surface area contributed by atoms with Crippen LogP contribution in [0.25, 0.3) is 0 Å². The summed E-state index contributed by atoms with van der Waals surface area (Å²) in [4.78, 5) is 0. The Labute approximate surface area is 130 Å². The van der Waals surface area contributed by atoms with Crippen LogP contribution in [0.5, 0.6) is 5.75 Å². The number of ether oxygens (including phenoxy) is 1. The van der Waals surface area contributed by atoms with Crippen molar-refractivity contribution in [2.45, 2.75) is 65.2 Å². The number of hydrogen-bond donors (Lipinski definition) is 2. The summed E-state index contributed by atoms with van der Waals surface area (Å²) in [5, 5.41) is 3.45. The molecule has 1 aromatic carbocycles. The molecule has 0 aliphatic rings. The van der Waals surface area contributed by atoms with Crippen molar-refractivity contribution in [1.82, 2.24) is 0 Å². The van der Waals surface area contributed by atoms with E-state index in [0.29, 0.717) is 12.3 Å². The summed E-state index contributed by atoms with van der Waals surface area (Å²) < 4.78 is 5.50. The molecule has 0 fully saturated rings. The van der Waals surface area contributed by atoms with Crippen LogP contribution in [-0.4, -0.2) is 13.2 Å². The van der Waals surface area contributed by atoms with Crippen molar-refractivity contribution >= 4 is 11.4 Å². The molecular formula is C18H32N2O. The highest BCUT2D eigenvalue weighted by Crippen LogP contribution is 2.25. The van der Waals surface area contributed by atoms with Crippen LogP contribution in [0.3, 0.4) is 0 Å². The number of unbranched alkanes of at least 4 members (excludes halogenated alkanes) is 7. The topological polar surface area (TPSA) is 47.3 Å². The Hall–Kier alpha value is -1.38. The molecule has 0 saturated carbocycles. The average Bonchev–Trinajstić information content (AvgIpc) is 2.49. The molecule has 21 heavy (non-hydrogen) atoms. The Balaban J connectivity index is 2.11. The molecule has 1 aromatic rings. The van der Waals surface area contributed by atoms with E-state index in [9.17, 15) is 0 Å². The van der Waals surface area contributed by atoms with Gasteiger partial charge in [0.05, 0.1) is 12.3 Å². The Kier molecular flexibility index (Phi) is 9.51. The summed E-state index contributed by atoms with van der Waals surface area (Å²) in [5.41, 5.74) is 7.66. The second-order valence-electron chi connectivity index (χ2n) is 5.59. The molecule has 0 spiro atoms. The number of nitrogen functional groups attached to an aromatic ring is 1. The zero-order valence-corrected chi connectivity index (χ0v) is 13.8. The smallest absolute Gasteiger partial charge is 0.144 e. The minimum atomic E-state index is 0.645. The van der Waals surface area contributed by atoms with Crippen LogP contribution >= 0.6 is 0 Å². The maximum absolute atomic E-state index is 5.87. The van der Waals surface area contributed by atoms with Crippen molar-refractivity contribution in [3.05, 3.63) is 18.2 Å². The normalized spacial score (nSPS) is 10.6. The molecule has 0 heterocycles. The Morgan fingerprint density at radius 1 is 0.952 bits per heavy atom. The lowest BCUT2D eigenvalue weighted by atomic mass is 10.1. The van der Waals surface area contributed by atoms with Gasteiger partial charge in [0.25, 0.3) is 0 Å². The second kappa shape index (κ2) is 11.3. The number of anilines is 2. The predicted molar refractivity (Wildman–Crippen MR) is 93.1 cm³/mol.